The first-order chi connectivity index (χ1) is 14.0. The lowest BCUT2D eigenvalue weighted by molar-refractivity contribution is 0.194. The summed E-state index contributed by atoms with van der Waals surface area (Å²) >= 11 is 0. The minimum Gasteiger partial charge on any atom is -0.391 e. The number of aromatic nitrogens is 3. The van der Waals surface area contributed by atoms with Crippen molar-refractivity contribution in [1.82, 2.24) is 20.3 Å². The first-order valence-electron chi connectivity index (χ1n) is 9.77. The van der Waals surface area contributed by atoms with E-state index in [0.717, 1.165) is 22.5 Å². The molecule has 2 atom stereocenters. The van der Waals surface area contributed by atoms with E-state index in [1.54, 1.807) is 6.33 Å². The van der Waals surface area contributed by atoms with E-state index in [1.807, 2.05) is 55.4 Å². The van der Waals surface area contributed by atoms with Gasteiger partial charge in [-0.2, -0.15) is 0 Å². The number of para-hydroxylation sites is 1. The Kier molecular flexibility index (Phi) is 5.46. The molecule has 29 heavy (non-hydrogen) atoms. The fourth-order valence-electron chi connectivity index (χ4n) is 3.80. The largest absolute Gasteiger partial charge is 0.391 e. The Bertz CT molecular complexity index is 1050. The molecule has 1 aliphatic heterocycles. The molecule has 3 N–H and O–H groups in total. The van der Waals surface area contributed by atoms with Gasteiger partial charge in [-0.25, -0.2) is 9.97 Å². The number of hydrogen-bond acceptors (Lipinski definition) is 7. The fraction of sp³-hybridized carbons (Fsp3) is 0.381. The number of nitrogens with one attached hydrogen (secondary N) is 2. The molecule has 0 saturated carbocycles. The molecular formula is C21H26N6O2. The maximum Gasteiger partial charge on any atom is 0.252 e. The fourth-order valence-corrected chi connectivity index (χ4v) is 3.80. The Hall–Kier alpha value is -2.97. The van der Waals surface area contributed by atoms with E-state index in [0.29, 0.717) is 31.6 Å². The molecule has 1 saturated heterocycles. The van der Waals surface area contributed by atoms with Gasteiger partial charge in [0.15, 0.2) is 0 Å². The lowest BCUT2D eigenvalue weighted by Crippen LogP contribution is -2.39. The Labute approximate surface area is 169 Å². The van der Waals surface area contributed by atoms with Crippen LogP contribution in [0.15, 0.2) is 47.5 Å². The summed E-state index contributed by atoms with van der Waals surface area (Å²) in [6.45, 7) is 1.64. The molecule has 0 aliphatic carbocycles. The van der Waals surface area contributed by atoms with Crippen LogP contribution in [0, 0.1) is 0 Å². The van der Waals surface area contributed by atoms with Gasteiger partial charge < -0.3 is 25.2 Å². The molecule has 8 nitrogen and oxygen atoms in total. The van der Waals surface area contributed by atoms with Gasteiger partial charge in [0.05, 0.1) is 6.10 Å². The standard InChI is InChI=1S/C21H26N6O2/c1-26(2)19-9-20(24-13-23-19)27-12-17(28)8-16(27)11-22-10-15-7-14-5-3-4-6-18(14)25-21(15)29/h3-7,9,13,16-17,22,28H,8,10-12H2,1-2H3,(H,25,29)/t16-,17-/m1/s1. The number of β-amino-alcohol motifs (C(OH)–C–C–N with tert-alkyl or cyclic N) is 1. The van der Waals surface area contributed by atoms with Gasteiger partial charge >= 0.3 is 0 Å². The van der Waals surface area contributed by atoms with Gasteiger partial charge in [0, 0.05) is 56.9 Å². The van der Waals surface area contributed by atoms with Crippen LogP contribution in [-0.4, -0.2) is 59.4 Å². The molecule has 8 heteroatoms. The molecule has 2 aromatic heterocycles. The number of anilines is 2. The maximum absolute atomic E-state index is 12.3. The minimum atomic E-state index is -0.399. The molecule has 0 radical (unpaired) electrons. The van der Waals surface area contributed by atoms with Gasteiger partial charge in [0.1, 0.15) is 18.0 Å². The number of pyridine rings is 1. The van der Waals surface area contributed by atoms with Gasteiger partial charge in [0.2, 0.25) is 0 Å². The van der Waals surface area contributed by atoms with Crippen molar-refractivity contribution in [3.8, 4) is 0 Å². The molecule has 0 unspecified atom stereocenters. The second kappa shape index (κ2) is 8.18. The normalized spacial score (nSPS) is 19.1. The predicted molar refractivity (Wildman–Crippen MR) is 114 cm³/mol. The van der Waals surface area contributed by atoms with Gasteiger partial charge in [-0.1, -0.05) is 18.2 Å². The molecule has 0 amide bonds. The average Bonchev–Trinajstić information content (AvgIpc) is 3.09. The summed E-state index contributed by atoms with van der Waals surface area (Å²) in [7, 11) is 3.87. The van der Waals surface area contributed by atoms with E-state index in [1.165, 1.54) is 0 Å². The molecule has 1 fully saturated rings. The summed E-state index contributed by atoms with van der Waals surface area (Å²) in [4.78, 5) is 28.0. The number of aliphatic hydroxyl groups excluding tert-OH is 1. The molecule has 0 bridgehead atoms. The quantitative estimate of drug-likeness (QED) is 0.576. The van der Waals surface area contributed by atoms with Gasteiger partial charge in [0.25, 0.3) is 5.56 Å². The van der Waals surface area contributed by atoms with Gasteiger partial charge in [-0.3, -0.25) is 4.79 Å². The molecule has 152 valence electrons. The highest BCUT2D eigenvalue weighted by atomic mass is 16.3. The zero-order valence-electron chi connectivity index (χ0n) is 16.7. The smallest absolute Gasteiger partial charge is 0.252 e. The highest BCUT2D eigenvalue weighted by Gasteiger charge is 2.31. The number of hydrogen-bond donors (Lipinski definition) is 3. The second-order valence-electron chi connectivity index (χ2n) is 7.67. The van der Waals surface area contributed by atoms with Crippen LogP contribution in [-0.2, 0) is 6.54 Å². The second-order valence-corrected chi connectivity index (χ2v) is 7.67. The molecule has 0 spiro atoms. The third kappa shape index (κ3) is 4.23. The summed E-state index contributed by atoms with van der Waals surface area (Å²) in [5.41, 5.74) is 1.46. The van der Waals surface area contributed by atoms with E-state index in [9.17, 15) is 9.90 Å². The molecule has 4 rings (SSSR count). The Morgan fingerprint density at radius 3 is 2.93 bits per heavy atom. The van der Waals surface area contributed by atoms with Crippen LogP contribution in [0.1, 0.15) is 12.0 Å². The Morgan fingerprint density at radius 1 is 1.28 bits per heavy atom. The van der Waals surface area contributed by atoms with Crippen molar-refractivity contribution in [3.63, 3.8) is 0 Å². The average molecular weight is 394 g/mol. The summed E-state index contributed by atoms with van der Waals surface area (Å²) in [6, 6.07) is 11.7. The molecule has 1 aliphatic rings. The maximum atomic E-state index is 12.3. The first-order valence-corrected chi connectivity index (χ1v) is 9.77. The topological polar surface area (TPSA) is 97.4 Å². The summed E-state index contributed by atoms with van der Waals surface area (Å²) < 4.78 is 0. The van der Waals surface area contributed by atoms with E-state index >= 15 is 0 Å². The van der Waals surface area contributed by atoms with Crippen molar-refractivity contribution < 1.29 is 5.11 Å². The van der Waals surface area contributed by atoms with Crippen LogP contribution in [0.5, 0.6) is 0 Å². The highest BCUT2D eigenvalue weighted by molar-refractivity contribution is 5.78. The molecule has 3 heterocycles. The summed E-state index contributed by atoms with van der Waals surface area (Å²) in [5, 5.41) is 14.6. The van der Waals surface area contributed by atoms with Crippen LogP contribution >= 0.6 is 0 Å². The third-order valence-electron chi connectivity index (χ3n) is 5.31. The van der Waals surface area contributed by atoms with Crippen molar-refractivity contribution in [3.05, 3.63) is 58.6 Å². The zero-order chi connectivity index (χ0) is 20.4. The van der Waals surface area contributed by atoms with Crippen LogP contribution in [0.25, 0.3) is 10.9 Å². The van der Waals surface area contributed by atoms with Crippen molar-refractivity contribution >= 4 is 22.5 Å². The van der Waals surface area contributed by atoms with Gasteiger partial charge in [-0.05, 0) is 23.9 Å². The Morgan fingerprint density at radius 2 is 2.10 bits per heavy atom. The molecule has 1 aromatic carbocycles. The predicted octanol–water partition coefficient (Wildman–Crippen LogP) is 1.11. The third-order valence-corrected chi connectivity index (χ3v) is 5.31. The lowest BCUT2D eigenvalue weighted by Gasteiger charge is -2.26. The number of rotatable bonds is 6. The zero-order valence-corrected chi connectivity index (χ0v) is 16.7. The van der Waals surface area contributed by atoms with E-state index in [-0.39, 0.29) is 11.6 Å². The first kappa shape index (κ1) is 19.4. The molecule has 3 aromatic rings. The molecular weight excluding hydrogens is 368 g/mol. The van der Waals surface area contributed by atoms with Crippen LogP contribution < -0.4 is 20.7 Å². The monoisotopic (exact) mass is 394 g/mol. The SMILES string of the molecule is CN(C)c1cc(N2C[C@H](O)C[C@@H]2CNCc2cc3ccccc3[nH]c2=O)ncn1. The minimum absolute atomic E-state index is 0.0778. The lowest BCUT2D eigenvalue weighted by atomic mass is 10.1. The summed E-state index contributed by atoms with van der Waals surface area (Å²) in [5.74, 6) is 1.63. The van der Waals surface area contributed by atoms with Crippen LogP contribution in [0.4, 0.5) is 11.6 Å². The number of aromatic amines is 1. The van der Waals surface area contributed by atoms with Crippen molar-refractivity contribution in [1.29, 1.82) is 0 Å². The van der Waals surface area contributed by atoms with Crippen molar-refractivity contribution in [2.24, 2.45) is 0 Å². The Balaban J connectivity index is 1.45. The van der Waals surface area contributed by atoms with E-state index in [4.69, 9.17) is 0 Å². The number of fused-ring (bicyclic) bond motifs is 1. The van der Waals surface area contributed by atoms with Crippen LogP contribution in [0.2, 0.25) is 0 Å². The van der Waals surface area contributed by atoms with Gasteiger partial charge in [-0.15, -0.1) is 0 Å². The van der Waals surface area contributed by atoms with E-state index < -0.39 is 6.10 Å². The summed E-state index contributed by atoms with van der Waals surface area (Å²) in [6.07, 6.45) is 1.81. The highest BCUT2D eigenvalue weighted by Crippen LogP contribution is 2.25. The van der Waals surface area contributed by atoms with E-state index in [2.05, 4.69) is 25.2 Å². The number of benzene rings is 1. The number of aliphatic hydroxyl groups is 1. The van der Waals surface area contributed by atoms with Crippen molar-refractivity contribution in [2.45, 2.75) is 25.1 Å². The number of nitrogens with zero attached hydrogens (tertiary/aromatic N) is 4. The van der Waals surface area contributed by atoms with Crippen LogP contribution in [0.3, 0.4) is 0 Å². The number of H-pyrrole nitrogens is 1. The van der Waals surface area contributed by atoms with Crippen molar-refractivity contribution in [2.75, 3.05) is 37.0 Å².